The Morgan fingerprint density at radius 1 is 1.27 bits per heavy atom. The minimum Gasteiger partial charge on any atom is -0.760 e. The number of ether oxygens (including phenoxy) is 1. The Bertz CT molecular complexity index is 612. The van der Waals surface area contributed by atoms with E-state index < -0.39 is 11.3 Å². The van der Waals surface area contributed by atoms with Gasteiger partial charge in [0.1, 0.15) is 5.75 Å². The van der Waals surface area contributed by atoms with Gasteiger partial charge in [-0.25, -0.2) is 4.72 Å². The number of hydrogen-bond acceptors (Lipinski definition) is 5. The molecule has 0 aromatic heterocycles. The molecule has 0 radical (unpaired) electrons. The van der Waals surface area contributed by atoms with Crippen LogP contribution in [0.5, 0.6) is 5.75 Å². The van der Waals surface area contributed by atoms with Crippen molar-refractivity contribution in [2.45, 2.75) is 37.1 Å². The summed E-state index contributed by atoms with van der Waals surface area (Å²) in [5.74, 6) is 0.825. The lowest BCUT2D eigenvalue weighted by atomic mass is 9.68. The molecule has 1 unspecified atom stereocenters. The van der Waals surface area contributed by atoms with E-state index in [9.17, 15) is 8.76 Å². The van der Waals surface area contributed by atoms with Gasteiger partial charge >= 0.3 is 0 Å². The quantitative estimate of drug-likeness (QED) is 0.758. The Morgan fingerprint density at radius 2 is 1.96 bits per heavy atom. The van der Waals surface area contributed by atoms with Crippen molar-refractivity contribution < 1.29 is 13.5 Å². The molecular formula is C19H30N3O3S-. The predicted molar refractivity (Wildman–Crippen MR) is 103 cm³/mol. The molecule has 26 heavy (non-hydrogen) atoms. The van der Waals surface area contributed by atoms with Crippen LogP contribution in [0.25, 0.3) is 0 Å². The Labute approximate surface area is 159 Å². The van der Waals surface area contributed by atoms with Crippen LogP contribution in [0.3, 0.4) is 0 Å². The molecular weight excluding hydrogens is 350 g/mol. The second-order valence-electron chi connectivity index (χ2n) is 7.64. The second-order valence-corrected chi connectivity index (χ2v) is 8.40. The molecule has 3 rings (SSSR count). The first-order valence-electron chi connectivity index (χ1n) is 9.42. The van der Waals surface area contributed by atoms with E-state index in [4.69, 9.17) is 4.74 Å². The van der Waals surface area contributed by atoms with E-state index in [-0.39, 0.29) is 5.41 Å². The topological polar surface area (TPSA) is 67.9 Å². The molecule has 1 aliphatic carbocycles. The summed E-state index contributed by atoms with van der Waals surface area (Å²) in [5.41, 5.74) is 1.02. The van der Waals surface area contributed by atoms with Gasteiger partial charge in [0.25, 0.3) is 0 Å². The zero-order chi connectivity index (χ0) is 18.6. The van der Waals surface area contributed by atoms with Crippen molar-refractivity contribution in [3.63, 3.8) is 0 Å². The van der Waals surface area contributed by atoms with Crippen molar-refractivity contribution in [2.75, 3.05) is 46.9 Å². The number of rotatable bonds is 6. The molecule has 1 saturated heterocycles. The molecule has 7 heteroatoms. The zero-order valence-corrected chi connectivity index (χ0v) is 16.6. The van der Waals surface area contributed by atoms with Crippen LogP contribution in [0.15, 0.2) is 24.3 Å². The lowest BCUT2D eigenvalue weighted by Crippen LogP contribution is -2.52. The van der Waals surface area contributed by atoms with Gasteiger partial charge in [0.2, 0.25) is 0 Å². The van der Waals surface area contributed by atoms with Crippen molar-refractivity contribution in [3.8, 4) is 5.75 Å². The number of methoxy groups -OCH3 is 1. The predicted octanol–water partition coefficient (Wildman–Crippen LogP) is 1.51. The highest BCUT2D eigenvalue weighted by Gasteiger charge is 2.38. The van der Waals surface area contributed by atoms with E-state index in [0.717, 1.165) is 57.6 Å². The van der Waals surface area contributed by atoms with Crippen molar-refractivity contribution in [1.82, 2.24) is 14.5 Å². The molecule has 0 amide bonds. The molecule has 1 N–H and O–H groups in total. The Morgan fingerprint density at radius 3 is 2.58 bits per heavy atom. The van der Waals surface area contributed by atoms with Crippen molar-refractivity contribution in [3.05, 3.63) is 29.8 Å². The molecule has 1 atom stereocenters. The molecule has 2 fully saturated rings. The van der Waals surface area contributed by atoms with Gasteiger partial charge in [0, 0.05) is 55.4 Å². The summed E-state index contributed by atoms with van der Waals surface area (Å²) >= 11 is -2.24. The summed E-state index contributed by atoms with van der Waals surface area (Å²) in [6.07, 6.45) is 4.19. The minimum atomic E-state index is -2.24. The van der Waals surface area contributed by atoms with E-state index >= 15 is 0 Å². The minimum absolute atomic E-state index is 0.155. The highest BCUT2D eigenvalue weighted by atomic mass is 32.2. The summed E-state index contributed by atoms with van der Waals surface area (Å²) in [7, 11) is 3.85. The van der Waals surface area contributed by atoms with Gasteiger partial charge in [-0.3, -0.25) is 9.11 Å². The van der Waals surface area contributed by atoms with E-state index in [0.29, 0.717) is 12.6 Å². The van der Waals surface area contributed by atoms with Crippen LogP contribution in [0.1, 0.15) is 31.2 Å². The number of nitrogens with one attached hydrogen (secondary N) is 1. The number of hydrogen-bond donors (Lipinski definition) is 1. The maximum atomic E-state index is 11.1. The molecule has 0 bridgehead atoms. The van der Waals surface area contributed by atoms with Gasteiger partial charge in [-0.2, -0.15) is 0 Å². The summed E-state index contributed by atoms with van der Waals surface area (Å²) < 4.78 is 30.3. The van der Waals surface area contributed by atoms with Crippen molar-refractivity contribution in [1.29, 1.82) is 0 Å². The van der Waals surface area contributed by atoms with Gasteiger partial charge < -0.3 is 14.2 Å². The van der Waals surface area contributed by atoms with E-state index in [1.54, 1.807) is 7.11 Å². The second kappa shape index (κ2) is 8.80. The molecule has 146 valence electrons. The normalized spacial score (nSPS) is 29.4. The monoisotopic (exact) mass is 380 g/mol. The molecule has 1 aliphatic heterocycles. The lowest BCUT2D eigenvalue weighted by Gasteiger charge is -2.46. The lowest BCUT2D eigenvalue weighted by molar-refractivity contribution is 0.0751. The Kier molecular flexibility index (Phi) is 6.69. The third kappa shape index (κ3) is 4.64. The highest BCUT2D eigenvalue weighted by molar-refractivity contribution is 7.77. The standard InChI is InChI=1S/C19H31N3O3S/c1-21-10-12-22(13-11-21)17-6-8-19(9-7-17,15-20-26(23)24)16-4-3-5-18(14-16)25-2/h3-5,14,17,20H,6-13,15H2,1-2H3,(H,23,24)/p-1. The van der Waals surface area contributed by atoms with Gasteiger partial charge in [-0.1, -0.05) is 12.1 Å². The van der Waals surface area contributed by atoms with Crippen LogP contribution >= 0.6 is 0 Å². The number of piperazine rings is 1. The first-order chi connectivity index (χ1) is 12.5. The van der Waals surface area contributed by atoms with Gasteiger partial charge in [-0.15, -0.1) is 0 Å². The summed E-state index contributed by atoms with van der Waals surface area (Å²) in [6, 6.07) is 8.71. The first-order valence-corrected chi connectivity index (χ1v) is 10.5. The van der Waals surface area contributed by atoms with E-state index in [1.165, 1.54) is 5.56 Å². The Balaban J connectivity index is 1.72. The Hall–Kier alpha value is -0.990. The first kappa shape index (κ1) is 19.8. The fourth-order valence-electron chi connectivity index (χ4n) is 4.42. The number of benzene rings is 1. The summed E-state index contributed by atoms with van der Waals surface area (Å²) in [5, 5.41) is 0. The van der Waals surface area contributed by atoms with Crippen LogP contribution in [0.4, 0.5) is 0 Å². The van der Waals surface area contributed by atoms with Gasteiger partial charge in [-0.05, 0) is 50.4 Å². The van der Waals surface area contributed by atoms with Crippen LogP contribution in [0, 0.1) is 0 Å². The fourth-order valence-corrected chi connectivity index (χ4v) is 4.82. The van der Waals surface area contributed by atoms with Crippen molar-refractivity contribution in [2.24, 2.45) is 0 Å². The molecule has 1 aromatic rings. The largest absolute Gasteiger partial charge is 0.760 e. The van der Waals surface area contributed by atoms with E-state index in [2.05, 4.69) is 33.7 Å². The molecule has 2 aliphatic rings. The zero-order valence-electron chi connectivity index (χ0n) is 15.8. The summed E-state index contributed by atoms with van der Waals surface area (Å²) in [4.78, 5) is 5.00. The maximum absolute atomic E-state index is 11.1. The van der Waals surface area contributed by atoms with Gasteiger partial charge in [0.15, 0.2) is 0 Å². The molecule has 0 spiro atoms. The van der Waals surface area contributed by atoms with Crippen LogP contribution in [-0.4, -0.2) is 71.5 Å². The molecule has 6 nitrogen and oxygen atoms in total. The maximum Gasteiger partial charge on any atom is 0.119 e. The SMILES string of the molecule is COc1cccc(C2(CNS(=O)[O-])CCC(N3CCN(C)CC3)CC2)c1. The average molecular weight is 381 g/mol. The number of nitrogens with zero attached hydrogens (tertiary/aromatic N) is 2. The van der Waals surface area contributed by atoms with Crippen LogP contribution < -0.4 is 9.46 Å². The third-order valence-corrected chi connectivity index (χ3v) is 6.56. The molecule has 1 saturated carbocycles. The van der Waals surface area contributed by atoms with E-state index in [1.807, 2.05) is 12.1 Å². The molecule has 1 aromatic carbocycles. The highest BCUT2D eigenvalue weighted by Crippen LogP contribution is 2.41. The third-order valence-electron chi connectivity index (χ3n) is 6.18. The smallest absolute Gasteiger partial charge is 0.119 e. The average Bonchev–Trinajstić information content (AvgIpc) is 2.67. The van der Waals surface area contributed by atoms with Crippen molar-refractivity contribution >= 4 is 11.3 Å². The van der Waals surface area contributed by atoms with Crippen LogP contribution in [0.2, 0.25) is 0 Å². The fraction of sp³-hybridized carbons (Fsp3) is 0.684. The number of likely N-dealkylation sites (N-methyl/N-ethyl adjacent to an activating group) is 1. The molecule has 1 heterocycles. The van der Waals surface area contributed by atoms with Crippen LogP contribution in [-0.2, 0) is 16.7 Å². The van der Waals surface area contributed by atoms with Gasteiger partial charge in [0.05, 0.1) is 7.11 Å². The summed E-state index contributed by atoms with van der Waals surface area (Å²) in [6.45, 7) is 4.99.